The summed E-state index contributed by atoms with van der Waals surface area (Å²) in [5, 5.41) is 13.5. The minimum absolute atomic E-state index is 0. The van der Waals surface area contributed by atoms with Crippen molar-refractivity contribution in [3.8, 4) is 5.69 Å². The van der Waals surface area contributed by atoms with Gasteiger partial charge in [-0.15, -0.1) is 22.6 Å². The van der Waals surface area contributed by atoms with Crippen LogP contribution in [-0.2, 0) is 18.8 Å². The normalized spacial score (nSPS) is 10.6. The maximum atomic E-state index is 13.1. The van der Waals surface area contributed by atoms with Crippen LogP contribution in [0.2, 0.25) is 0 Å². The van der Waals surface area contributed by atoms with Gasteiger partial charge in [0, 0.05) is 24.2 Å². The standard InChI is InChI=1S/C15H17FN6S.ClH/c1-2-21-8-7-12(20-21)10-23-15-19-18-14(9-17)22(15)13-5-3-11(16)4-6-13;/h3-8H,2,9-10,17H2,1H3;1H. The van der Waals surface area contributed by atoms with Crippen molar-refractivity contribution in [1.82, 2.24) is 24.5 Å². The molecule has 128 valence electrons. The third-order valence-corrected chi connectivity index (χ3v) is 4.30. The van der Waals surface area contributed by atoms with Gasteiger partial charge in [0.2, 0.25) is 0 Å². The van der Waals surface area contributed by atoms with E-state index in [1.807, 2.05) is 28.4 Å². The summed E-state index contributed by atoms with van der Waals surface area (Å²) in [7, 11) is 0. The number of nitrogens with two attached hydrogens (primary N) is 1. The van der Waals surface area contributed by atoms with Gasteiger partial charge in [0.1, 0.15) is 5.82 Å². The Morgan fingerprint density at radius 2 is 1.92 bits per heavy atom. The zero-order valence-corrected chi connectivity index (χ0v) is 14.7. The van der Waals surface area contributed by atoms with Crippen molar-refractivity contribution < 1.29 is 4.39 Å². The van der Waals surface area contributed by atoms with E-state index in [9.17, 15) is 4.39 Å². The van der Waals surface area contributed by atoms with Crippen LogP contribution in [0, 0.1) is 5.82 Å². The molecule has 0 aliphatic rings. The summed E-state index contributed by atoms with van der Waals surface area (Å²) in [6.07, 6.45) is 1.95. The fourth-order valence-corrected chi connectivity index (χ4v) is 3.04. The average Bonchev–Trinajstić information content (AvgIpc) is 3.20. The smallest absolute Gasteiger partial charge is 0.196 e. The van der Waals surface area contributed by atoms with Gasteiger partial charge in [-0.25, -0.2) is 4.39 Å². The molecule has 0 fully saturated rings. The van der Waals surface area contributed by atoms with E-state index in [0.717, 1.165) is 17.9 Å². The van der Waals surface area contributed by atoms with Crippen molar-refractivity contribution in [2.75, 3.05) is 0 Å². The van der Waals surface area contributed by atoms with Crippen LogP contribution < -0.4 is 5.73 Å². The van der Waals surface area contributed by atoms with Crippen molar-refractivity contribution in [3.05, 3.63) is 53.9 Å². The molecule has 24 heavy (non-hydrogen) atoms. The van der Waals surface area contributed by atoms with Crippen LogP contribution in [-0.4, -0.2) is 24.5 Å². The molecule has 0 amide bonds. The third-order valence-electron chi connectivity index (χ3n) is 3.34. The van der Waals surface area contributed by atoms with E-state index in [1.54, 1.807) is 12.1 Å². The summed E-state index contributed by atoms with van der Waals surface area (Å²) in [4.78, 5) is 0. The van der Waals surface area contributed by atoms with Crippen molar-refractivity contribution in [2.45, 2.75) is 30.9 Å². The second-order valence-electron chi connectivity index (χ2n) is 4.87. The predicted molar refractivity (Wildman–Crippen MR) is 93.9 cm³/mol. The van der Waals surface area contributed by atoms with Crippen molar-refractivity contribution in [2.24, 2.45) is 5.73 Å². The lowest BCUT2D eigenvalue weighted by atomic mass is 10.3. The van der Waals surface area contributed by atoms with Crippen molar-refractivity contribution >= 4 is 24.2 Å². The summed E-state index contributed by atoms with van der Waals surface area (Å²) in [6.45, 7) is 3.14. The number of thioether (sulfide) groups is 1. The monoisotopic (exact) mass is 368 g/mol. The Kier molecular flexibility index (Phi) is 6.36. The molecule has 2 aromatic heterocycles. The van der Waals surface area contributed by atoms with Crippen molar-refractivity contribution in [1.29, 1.82) is 0 Å². The summed E-state index contributed by atoms with van der Waals surface area (Å²) in [6, 6.07) is 8.18. The molecule has 0 aliphatic carbocycles. The maximum absolute atomic E-state index is 13.1. The van der Waals surface area contributed by atoms with E-state index in [1.165, 1.54) is 23.9 Å². The first-order chi connectivity index (χ1) is 11.2. The first-order valence-corrected chi connectivity index (χ1v) is 8.25. The average molecular weight is 369 g/mol. The van der Waals surface area contributed by atoms with Gasteiger partial charge in [-0.3, -0.25) is 9.25 Å². The van der Waals surface area contributed by atoms with E-state index >= 15 is 0 Å². The quantitative estimate of drug-likeness (QED) is 0.677. The molecule has 0 spiro atoms. The van der Waals surface area contributed by atoms with E-state index < -0.39 is 0 Å². The molecule has 0 bridgehead atoms. The maximum Gasteiger partial charge on any atom is 0.196 e. The fourth-order valence-electron chi connectivity index (χ4n) is 2.17. The molecule has 1 aromatic carbocycles. The number of nitrogens with zero attached hydrogens (tertiary/aromatic N) is 5. The Morgan fingerprint density at radius 1 is 1.17 bits per heavy atom. The number of rotatable bonds is 6. The van der Waals surface area contributed by atoms with Gasteiger partial charge >= 0.3 is 0 Å². The van der Waals surface area contributed by atoms with E-state index in [0.29, 0.717) is 16.7 Å². The van der Waals surface area contributed by atoms with Crippen LogP contribution in [0.5, 0.6) is 0 Å². The minimum atomic E-state index is -0.282. The Hall–Kier alpha value is -1.90. The number of hydrogen-bond acceptors (Lipinski definition) is 5. The number of benzene rings is 1. The molecular weight excluding hydrogens is 351 g/mol. The highest BCUT2D eigenvalue weighted by molar-refractivity contribution is 7.98. The van der Waals surface area contributed by atoms with Gasteiger partial charge in [-0.1, -0.05) is 11.8 Å². The van der Waals surface area contributed by atoms with E-state index in [4.69, 9.17) is 5.73 Å². The Morgan fingerprint density at radius 3 is 2.54 bits per heavy atom. The lowest BCUT2D eigenvalue weighted by Crippen LogP contribution is -2.07. The number of hydrogen-bond donors (Lipinski definition) is 1. The van der Waals surface area contributed by atoms with Crippen LogP contribution >= 0.6 is 24.2 Å². The first-order valence-electron chi connectivity index (χ1n) is 7.26. The molecule has 0 radical (unpaired) electrons. The molecule has 0 saturated carbocycles. The highest BCUT2D eigenvalue weighted by atomic mass is 35.5. The number of halogens is 2. The number of aromatic nitrogens is 5. The number of aryl methyl sites for hydroxylation is 1. The highest BCUT2D eigenvalue weighted by Gasteiger charge is 2.14. The molecule has 2 heterocycles. The highest BCUT2D eigenvalue weighted by Crippen LogP contribution is 2.24. The first kappa shape index (κ1) is 18.4. The topological polar surface area (TPSA) is 74.6 Å². The summed E-state index contributed by atoms with van der Waals surface area (Å²) >= 11 is 1.52. The van der Waals surface area contributed by atoms with Crippen LogP contribution in [0.1, 0.15) is 18.4 Å². The van der Waals surface area contributed by atoms with E-state index in [2.05, 4.69) is 15.3 Å². The van der Waals surface area contributed by atoms with Gasteiger partial charge in [-0.2, -0.15) is 5.10 Å². The minimum Gasteiger partial charge on any atom is -0.324 e. The molecule has 9 heteroatoms. The van der Waals surface area contributed by atoms with Crippen molar-refractivity contribution in [3.63, 3.8) is 0 Å². The van der Waals surface area contributed by atoms with Gasteiger partial charge in [0.15, 0.2) is 11.0 Å². The van der Waals surface area contributed by atoms with Crippen LogP contribution in [0.4, 0.5) is 4.39 Å². The second kappa shape index (κ2) is 8.27. The Balaban J connectivity index is 0.00000208. The zero-order chi connectivity index (χ0) is 16.2. The van der Waals surface area contributed by atoms with Gasteiger partial charge < -0.3 is 5.73 Å². The predicted octanol–water partition coefficient (Wildman–Crippen LogP) is 2.80. The molecule has 0 saturated heterocycles. The molecule has 0 unspecified atom stereocenters. The molecule has 3 aromatic rings. The molecule has 6 nitrogen and oxygen atoms in total. The lowest BCUT2D eigenvalue weighted by molar-refractivity contribution is 0.627. The molecule has 3 rings (SSSR count). The summed E-state index contributed by atoms with van der Waals surface area (Å²) in [5.74, 6) is 1.03. The van der Waals surface area contributed by atoms with Crippen LogP contribution in [0.3, 0.4) is 0 Å². The molecule has 2 N–H and O–H groups in total. The van der Waals surface area contributed by atoms with Gasteiger partial charge in [0.05, 0.1) is 12.2 Å². The Labute approximate surface area is 149 Å². The summed E-state index contributed by atoms with van der Waals surface area (Å²) in [5.41, 5.74) is 7.50. The third kappa shape index (κ3) is 3.95. The van der Waals surface area contributed by atoms with Crippen LogP contribution in [0.15, 0.2) is 41.7 Å². The van der Waals surface area contributed by atoms with Gasteiger partial charge in [0.25, 0.3) is 0 Å². The largest absolute Gasteiger partial charge is 0.324 e. The zero-order valence-electron chi connectivity index (χ0n) is 13.1. The fraction of sp³-hybridized carbons (Fsp3) is 0.267. The van der Waals surface area contributed by atoms with E-state index in [-0.39, 0.29) is 24.8 Å². The molecular formula is C15H18ClFN6S. The van der Waals surface area contributed by atoms with Gasteiger partial charge in [-0.05, 0) is 37.3 Å². The SMILES string of the molecule is CCn1ccc(CSc2nnc(CN)n2-c2ccc(F)cc2)n1.Cl. The van der Waals surface area contributed by atoms with Crippen LogP contribution in [0.25, 0.3) is 5.69 Å². The molecule has 0 aliphatic heterocycles. The lowest BCUT2D eigenvalue weighted by Gasteiger charge is -2.08. The second-order valence-corrected chi connectivity index (χ2v) is 5.81. The molecule has 0 atom stereocenters. The Bertz CT molecular complexity index is 786. The summed E-state index contributed by atoms with van der Waals surface area (Å²) < 4.78 is 16.9.